The largest absolute Gasteiger partial charge is 0.457 e. The maximum absolute atomic E-state index is 13.5. The SMILES string of the molecule is C=CCOC(=O)C1=C(S[C@H]2C[C@@H](C(=O)NCc3n4ccsc4c[n+]3C)N(C(=O)OCC=C)C2)[C@H](C)[C@@H]2[C@@H]([C@@H](C)O)C(=O)N12. The van der Waals surface area contributed by atoms with Crippen molar-refractivity contribution in [3.05, 3.63) is 59.5 Å². The van der Waals surface area contributed by atoms with Crippen LogP contribution in [-0.4, -0.2) is 86.4 Å². The van der Waals surface area contributed by atoms with Gasteiger partial charge in [-0.1, -0.05) is 43.6 Å². The summed E-state index contributed by atoms with van der Waals surface area (Å²) in [6.45, 7) is 11.1. The topological polar surface area (TPSA) is 134 Å². The fourth-order valence-corrected chi connectivity index (χ4v) is 8.44. The molecule has 2 fully saturated rings. The van der Waals surface area contributed by atoms with Gasteiger partial charge in [-0.2, -0.15) is 4.40 Å². The van der Waals surface area contributed by atoms with E-state index in [9.17, 15) is 24.3 Å². The molecule has 5 rings (SSSR count). The Bertz CT molecular complexity index is 1500. The number of nitrogens with one attached hydrogen (secondary N) is 1. The van der Waals surface area contributed by atoms with Crippen LogP contribution in [0.3, 0.4) is 0 Å². The lowest BCUT2D eigenvalue weighted by Gasteiger charge is -2.46. The molecule has 0 aromatic carbocycles. The summed E-state index contributed by atoms with van der Waals surface area (Å²) >= 11 is 2.96. The van der Waals surface area contributed by atoms with Gasteiger partial charge >= 0.3 is 12.1 Å². The lowest BCUT2D eigenvalue weighted by molar-refractivity contribution is -0.678. The van der Waals surface area contributed by atoms with Crippen LogP contribution >= 0.6 is 23.1 Å². The van der Waals surface area contributed by atoms with E-state index >= 15 is 0 Å². The predicted octanol–water partition coefficient (Wildman–Crippen LogP) is 1.74. The number of carbonyl (C=O) groups excluding carboxylic acids is 4. The van der Waals surface area contributed by atoms with E-state index in [1.807, 2.05) is 40.7 Å². The molecule has 12 nitrogen and oxygen atoms in total. The number of amides is 3. The van der Waals surface area contributed by atoms with Crippen LogP contribution in [0, 0.1) is 11.8 Å². The quantitative estimate of drug-likeness (QED) is 0.166. The summed E-state index contributed by atoms with van der Waals surface area (Å²) in [6, 6.07) is -1.19. The molecular formula is C29H36N5O7S2+. The number of likely N-dealkylation sites (tertiary alicyclic amines) is 1. The number of nitrogens with zero attached hydrogens (tertiary/aromatic N) is 4. The van der Waals surface area contributed by atoms with Crippen molar-refractivity contribution < 1.29 is 38.3 Å². The summed E-state index contributed by atoms with van der Waals surface area (Å²) in [6.07, 6.45) is 5.62. The number of rotatable bonds is 11. The maximum atomic E-state index is 13.5. The van der Waals surface area contributed by atoms with Gasteiger partial charge in [0, 0.05) is 28.0 Å². The van der Waals surface area contributed by atoms with Crippen molar-refractivity contribution in [2.75, 3.05) is 19.8 Å². The second kappa shape index (κ2) is 12.5. The molecule has 2 aromatic rings. The van der Waals surface area contributed by atoms with Crippen LogP contribution in [0.25, 0.3) is 4.83 Å². The fourth-order valence-electron chi connectivity index (χ4n) is 6.10. The second-order valence-electron chi connectivity index (χ2n) is 10.8. The third-order valence-electron chi connectivity index (χ3n) is 8.10. The zero-order valence-corrected chi connectivity index (χ0v) is 25.9. The summed E-state index contributed by atoms with van der Waals surface area (Å²) in [5.74, 6) is -1.31. The lowest BCUT2D eigenvalue weighted by Crippen LogP contribution is -2.63. The minimum absolute atomic E-state index is 0.00142. The Labute approximate surface area is 257 Å². The zero-order chi connectivity index (χ0) is 31.0. The zero-order valence-electron chi connectivity index (χ0n) is 24.3. The normalized spacial score (nSPS) is 25.4. The number of hydrogen-bond acceptors (Lipinski definition) is 9. The van der Waals surface area contributed by atoms with E-state index < -0.39 is 30.1 Å². The first kappa shape index (κ1) is 30.8. The average molecular weight is 631 g/mol. The van der Waals surface area contributed by atoms with Gasteiger partial charge in [0.1, 0.15) is 43.9 Å². The number of aliphatic hydroxyl groups excluding tert-OH is 1. The summed E-state index contributed by atoms with van der Waals surface area (Å²) in [4.78, 5) is 57.3. The van der Waals surface area contributed by atoms with Gasteiger partial charge in [0.05, 0.1) is 25.1 Å². The van der Waals surface area contributed by atoms with Crippen molar-refractivity contribution in [1.29, 1.82) is 0 Å². The van der Waals surface area contributed by atoms with Gasteiger partial charge in [-0.25, -0.2) is 14.2 Å². The van der Waals surface area contributed by atoms with Gasteiger partial charge < -0.3 is 24.8 Å². The molecule has 14 heteroatoms. The first-order valence-corrected chi connectivity index (χ1v) is 15.8. The Morgan fingerprint density at radius 1 is 1.28 bits per heavy atom. The van der Waals surface area contributed by atoms with Gasteiger partial charge in [0.25, 0.3) is 5.82 Å². The van der Waals surface area contributed by atoms with E-state index in [4.69, 9.17) is 9.47 Å². The van der Waals surface area contributed by atoms with Crippen molar-refractivity contribution in [2.45, 2.75) is 50.3 Å². The van der Waals surface area contributed by atoms with Crippen molar-refractivity contribution in [3.8, 4) is 0 Å². The number of aromatic nitrogens is 2. The standard InChI is InChI=1S/C29H35N5O7S2/c1-6-9-40-28(38)24-25(16(3)23-22(17(4)35)27(37)34(23)24)43-18-12-19(33(14-18)29(39)41-10-7-2)26(36)30-13-20-31(5)15-21-32(20)8-11-42-21/h6-8,11,15-19,22-23,35H,1-2,9-10,12-14H2,3-5H3/p+1/t16-,17-,18+,19+,22-,23-/m1/s1. The molecule has 0 unspecified atom stereocenters. The Morgan fingerprint density at radius 2 is 2.00 bits per heavy atom. The fraction of sp³-hybridized carbons (Fsp3) is 0.483. The highest BCUT2D eigenvalue weighted by atomic mass is 32.2. The molecule has 230 valence electrons. The molecule has 43 heavy (non-hydrogen) atoms. The van der Waals surface area contributed by atoms with Crippen LogP contribution in [0.2, 0.25) is 0 Å². The monoisotopic (exact) mass is 630 g/mol. The van der Waals surface area contributed by atoms with Crippen molar-refractivity contribution in [3.63, 3.8) is 0 Å². The number of β-lactam (4-membered cyclic amide) rings is 1. The molecular weight excluding hydrogens is 594 g/mol. The number of hydrogen-bond donors (Lipinski definition) is 2. The van der Waals surface area contributed by atoms with Gasteiger partial charge in [0.15, 0.2) is 0 Å². The summed E-state index contributed by atoms with van der Waals surface area (Å²) in [5, 5.41) is 14.9. The lowest BCUT2D eigenvalue weighted by atomic mass is 9.79. The summed E-state index contributed by atoms with van der Waals surface area (Å²) < 4.78 is 14.6. The number of fused-ring (bicyclic) bond motifs is 2. The molecule has 0 bridgehead atoms. The first-order chi connectivity index (χ1) is 20.6. The number of carbonyl (C=O) groups is 4. The number of esters is 1. The van der Waals surface area contributed by atoms with E-state index in [-0.39, 0.29) is 61.0 Å². The third kappa shape index (κ3) is 5.58. The highest BCUT2D eigenvalue weighted by molar-refractivity contribution is 8.03. The van der Waals surface area contributed by atoms with Crippen LogP contribution in [0.5, 0.6) is 0 Å². The molecule has 6 atom stereocenters. The first-order valence-electron chi connectivity index (χ1n) is 14.0. The Morgan fingerprint density at radius 3 is 2.70 bits per heavy atom. The van der Waals surface area contributed by atoms with Crippen LogP contribution in [0.1, 0.15) is 26.1 Å². The molecule has 5 heterocycles. The predicted molar refractivity (Wildman–Crippen MR) is 159 cm³/mol. The van der Waals surface area contributed by atoms with Crippen LogP contribution < -0.4 is 9.88 Å². The number of thiazole rings is 1. The molecule has 3 amide bonds. The Kier molecular flexibility index (Phi) is 8.99. The van der Waals surface area contributed by atoms with Crippen LogP contribution in [0.4, 0.5) is 4.79 Å². The number of aryl methyl sites for hydroxylation is 1. The van der Waals surface area contributed by atoms with Crippen molar-refractivity contribution in [1.82, 2.24) is 19.5 Å². The molecule has 0 aliphatic carbocycles. The maximum Gasteiger partial charge on any atom is 0.410 e. The van der Waals surface area contributed by atoms with Gasteiger partial charge in [-0.15, -0.1) is 11.8 Å². The highest BCUT2D eigenvalue weighted by Crippen LogP contribution is 2.52. The van der Waals surface area contributed by atoms with E-state index in [1.54, 1.807) is 18.3 Å². The molecule has 0 radical (unpaired) electrons. The van der Waals surface area contributed by atoms with Gasteiger partial charge in [0.2, 0.25) is 16.6 Å². The van der Waals surface area contributed by atoms with Crippen LogP contribution in [0.15, 0.2) is 53.7 Å². The van der Waals surface area contributed by atoms with E-state index in [0.29, 0.717) is 11.3 Å². The molecule has 0 spiro atoms. The Balaban J connectivity index is 1.37. The molecule has 2 saturated heterocycles. The average Bonchev–Trinajstić information content (AvgIpc) is 3.72. The minimum Gasteiger partial charge on any atom is -0.457 e. The smallest absolute Gasteiger partial charge is 0.410 e. The number of imidazole rings is 1. The second-order valence-corrected chi connectivity index (χ2v) is 13.1. The van der Waals surface area contributed by atoms with Gasteiger partial charge in [-0.05, 0) is 13.3 Å². The molecule has 3 aliphatic rings. The van der Waals surface area contributed by atoms with E-state index in [2.05, 4.69) is 18.5 Å². The summed E-state index contributed by atoms with van der Waals surface area (Å²) in [5.41, 5.74) is 0.153. The van der Waals surface area contributed by atoms with Crippen molar-refractivity contribution in [2.24, 2.45) is 18.9 Å². The molecule has 2 N–H and O–H groups in total. The van der Waals surface area contributed by atoms with Crippen molar-refractivity contribution >= 4 is 51.8 Å². The number of thioether (sulfide) groups is 1. The van der Waals surface area contributed by atoms with Gasteiger partial charge in [-0.3, -0.25) is 14.5 Å². The minimum atomic E-state index is -0.877. The number of ether oxygens (including phenoxy) is 2. The Hall–Kier alpha value is -3.62. The third-order valence-corrected chi connectivity index (χ3v) is 10.4. The van der Waals surface area contributed by atoms with E-state index in [0.717, 1.165) is 10.7 Å². The van der Waals surface area contributed by atoms with E-state index in [1.165, 1.54) is 33.7 Å². The number of aliphatic hydroxyl groups is 1. The van der Waals surface area contributed by atoms with Crippen LogP contribution in [-0.2, 0) is 37.4 Å². The molecule has 0 saturated carbocycles. The molecule has 2 aromatic heterocycles. The molecule has 3 aliphatic heterocycles. The highest BCUT2D eigenvalue weighted by Gasteiger charge is 2.60. The summed E-state index contributed by atoms with van der Waals surface area (Å²) in [7, 11) is 1.91.